The van der Waals surface area contributed by atoms with Gasteiger partial charge in [-0.1, -0.05) is 0 Å². The molecule has 2 aromatic rings. The van der Waals surface area contributed by atoms with E-state index >= 15 is 0 Å². The van der Waals surface area contributed by atoms with Gasteiger partial charge >= 0.3 is 0 Å². The van der Waals surface area contributed by atoms with E-state index in [1.807, 2.05) is 29.9 Å². The third-order valence-corrected chi connectivity index (χ3v) is 7.31. The fraction of sp³-hybridized carbons (Fsp3) is 0.583. The first-order chi connectivity index (χ1) is 15.1. The third kappa shape index (κ3) is 3.91. The van der Waals surface area contributed by atoms with Crippen LogP contribution < -0.4 is 14.8 Å². The van der Waals surface area contributed by atoms with Gasteiger partial charge in [0.05, 0.1) is 19.9 Å². The first-order valence-corrected chi connectivity index (χ1v) is 11.4. The highest BCUT2D eigenvalue weighted by Crippen LogP contribution is 2.43. The zero-order valence-electron chi connectivity index (χ0n) is 18.6. The highest BCUT2D eigenvalue weighted by atomic mass is 16.5. The molecule has 0 radical (unpaired) electrons. The number of carbonyl (C=O) groups is 1. The number of amides is 1. The normalized spacial score (nSPS) is 27.2. The molecule has 3 saturated heterocycles. The Morgan fingerprint density at radius 3 is 2.65 bits per heavy atom. The van der Waals surface area contributed by atoms with Crippen LogP contribution in [0.2, 0.25) is 0 Å². The van der Waals surface area contributed by atoms with Gasteiger partial charge in [-0.05, 0) is 62.4 Å². The van der Waals surface area contributed by atoms with E-state index < -0.39 is 0 Å². The predicted molar refractivity (Wildman–Crippen MR) is 118 cm³/mol. The lowest BCUT2D eigenvalue weighted by Crippen LogP contribution is -2.56. The van der Waals surface area contributed by atoms with Crippen molar-refractivity contribution in [2.45, 2.75) is 37.6 Å². The second kappa shape index (κ2) is 8.19. The largest absolute Gasteiger partial charge is 0.493 e. The van der Waals surface area contributed by atoms with E-state index in [4.69, 9.17) is 14.6 Å². The van der Waals surface area contributed by atoms with Crippen LogP contribution in [0.25, 0.3) is 11.3 Å². The van der Waals surface area contributed by atoms with Crippen LogP contribution in [-0.2, 0) is 11.8 Å². The number of carbonyl (C=O) groups excluding carboxylic acids is 1. The molecule has 1 unspecified atom stereocenters. The highest BCUT2D eigenvalue weighted by Gasteiger charge is 2.42. The Labute approximate surface area is 183 Å². The van der Waals surface area contributed by atoms with Crippen LogP contribution in [0, 0.1) is 11.8 Å². The summed E-state index contributed by atoms with van der Waals surface area (Å²) in [6.45, 7) is 2.96. The molecule has 1 aromatic heterocycles. The Kier molecular flexibility index (Phi) is 5.38. The van der Waals surface area contributed by atoms with Gasteiger partial charge < -0.3 is 14.8 Å². The van der Waals surface area contributed by atoms with Gasteiger partial charge in [0.1, 0.15) is 0 Å². The summed E-state index contributed by atoms with van der Waals surface area (Å²) in [5.74, 6) is 3.10. The second-order valence-corrected chi connectivity index (χ2v) is 9.21. The van der Waals surface area contributed by atoms with Gasteiger partial charge in [-0.15, -0.1) is 0 Å². The Morgan fingerprint density at radius 1 is 1.16 bits per heavy atom. The molecule has 4 atom stereocenters. The van der Waals surface area contributed by atoms with Gasteiger partial charge in [-0.3, -0.25) is 14.4 Å². The van der Waals surface area contributed by atoms with E-state index in [1.165, 1.54) is 12.1 Å². The van der Waals surface area contributed by atoms with Crippen LogP contribution in [0.15, 0.2) is 24.3 Å². The Balaban J connectivity index is 1.30. The molecule has 1 aromatic carbocycles. The van der Waals surface area contributed by atoms with Crippen LogP contribution in [0.5, 0.6) is 11.5 Å². The number of rotatable bonds is 7. The molecule has 1 saturated carbocycles. The van der Waals surface area contributed by atoms with Crippen LogP contribution in [0.3, 0.4) is 0 Å². The Hall–Kier alpha value is -2.54. The molecule has 4 aliphatic rings. The van der Waals surface area contributed by atoms with Gasteiger partial charge in [0.2, 0.25) is 5.91 Å². The molecule has 4 heterocycles. The number of aromatic nitrogens is 2. The summed E-state index contributed by atoms with van der Waals surface area (Å²) >= 11 is 0. The summed E-state index contributed by atoms with van der Waals surface area (Å²) in [6.07, 6.45) is 4.49. The molecule has 1 amide bonds. The molecule has 6 rings (SSSR count). The van der Waals surface area contributed by atoms with Crippen molar-refractivity contribution < 1.29 is 14.3 Å². The number of hydrogen-bond acceptors (Lipinski definition) is 5. The minimum Gasteiger partial charge on any atom is -0.493 e. The number of benzene rings is 1. The van der Waals surface area contributed by atoms with Gasteiger partial charge in [0.25, 0.3) is 0 Å². The summed E-state index contributed by atoms with van der Waals surface area (Å²) in [4.78, 5) is 14.6. The van der Waals surface area contributed by atoms with E-state index in [1.54, 1.807) is 14.2 Å². The maximum absolute atomic E-state index is 12.1. The van der Waals surface area contributed by atoms with Gasteiger partial charge in [-0.25, -0.2) is 0 Å². The topological polar surface area (TPSA) is 68.6 Å². The highest BCUT2D eigenvalue weighted by molar-refractivity contribution is 5.80. The fourth-order valence-corrected chi connectivity index (χ4v) is 5.36. The minimum atomic E-state index is 0.255. The standard InChI is InChI=1S/C24H32N4O3/c1-27-21(12-20(26-27)17-6-7-22(30-2)23(11-17)31-3)19-14-28-9-8-16(19)10-18(28)13-25-24(29)15-4-5-15/h6-7,11-12,15-16,18-19H,4-5,8-10,13-14H2,1-3H3,(H,25,29)/t16-,18+,19-/m0/s1. The van der Waals surface area contributed by atoms with Gasteiger partial charge in [0, 0.05) is 49.3 Å². The monoisotopic (exact) mass is 424 g/mol. The maximum atomic E-state index is 12.1. The van der Waals surface area contributed by atoms with Gasteiger partial charge in [0.15, 0.2) is 11.5 Å². The van der Waals surface area contributed by atoms with Crippen molar-refractivity contribution in [3.63, 3.8) is 0 Å². The molecule has 0 spiro atoms. The molecule has 31 heavy (non-hydrogen) atoms. The van der Waals surface area contributed by atoms with Crippen LogP contribution in [0.4, 0.5) is 0 Å². The van der Waals surface area contributed by atoms with Crippen molar-refractivity contribution in [1.29, 1.82) is 0 Å². The molecule has 4 fully saturated rings. The summed E-state index contributed by atoms with van der Waals surface area (Å²) < 4.78 is 12.9. The number of fused-ring (bicyclic) bond motifs is 3. The Bertz CT molecular complexity index is 968. The van der Waals surface area contributed by atoms with E-state index in [0.29, 0.717) is 23.6 Å². The van der Waals surface area contributed by atoms with E-state index in [2.05, 4.69) is 16.3 Å². The summed E-state index contributed by atoms with van der Waals surface area (Å²) in [6, 6.07) is 8.65. The first kappa shape index (κ1) is 20.4. The SMILES string of the molecule is COc1ccc(-c2cc([C@H]3CN4CC[C@H]3C[C@@H]4CNC(=O)C3CC3)n(C)n2)cc1OC. The number of hydrogen-bond donors (Lipinski definition) is 1. The van der Waals surface area contributed by atoms with Crippen LogP contribution >= 0.6 is 0 Å². The quantitative estimate of drug-likeness (QED) is 0.740. The smallest absolute Gasteiger partial charge is 0.223 e. The number of aryl methyl sites for hydroxylation is 1. The van der Waals surface area contributed by atoms with Gasteiger partial charge in [-0.2, -0.15) is 5.10 Å². The third-order valence-electron chi connectivity index (χ3n) is 7.31. The van der Waals surface area contributed by atoms with Crippen molar-refractivity contribution in [2.75, 3.05) is 33.9 Å². The van der Waals surface area contributed by atoms with Crippen molar-refractivity contribution in [1.82, 2.24) is 20.0 Å². The van der Waals surface area contributed by atoms with E-state index in [0.717, 1.165) is 55.9 Å². The lowest BCUT2D eigenvalue weighted by atomic mass is 9.74. The number of methoxy groups -OCH3 is 2. The minimum absolute atomic E-state index is 0.255. The number of ether oxygens (including phenoxy) is 2. The van der Waals surface area contributed by atoms with Crippen molar-refractivity contribution in [2.24, 2.45) is 18.9 Å². The van der Waals surface area contributed by atoms with Crippen molar-refractivity contribution in [3.05, 3.63) is 30.0 Å². The molecule has 7 nitrogen and oxygen atoms in total. The summed E-state index contributed by atoms with van der Waals surface area (Å²) in [5.41, 5.74) is 3.28. The molecule has 7 heteroatoms. The zero-order valence-corrected chi connectivity index (χ0v) is 18.6. The van der Waals surface area contributed by atoms with Crippen LogP contribution in [0.1, 0.15) is 37.3 Å². The second-order valence-electron chi connectivity index (χ2n) is 9.21. The van der Waals surface area contributed by atoms with Crippen molar-refractivity contribution in [3.8, 4) is 22.8 Å². The number of piperidine rings is 3. The van der Waals surface area contributed by atoms with E-state index in [-0.39, 0.29) is 11.8 Å². The molecule has 166 valence electrons. The summed E-state index contributed by atoms with van der Waals surface area (Å²) in [5, 5.41) is 8.01. The van der Waals surface area contributed by atoms with Crippen molar-refractivity contribution >= 4 is 5.91 Å². The maximum Gasteiger partial charge on any atom is 0.223 e. The first-order valence-electron chi connectivity index (χ1n) is 11.4. The Morgan fingerprint density at radius 2 is 1.97 bits per heavy atom. The van der Waals surface area contributed by atoms with Crippen LogP contribution in [-0.4, -0.2) is 60.5 Å². The summed E-state index contributed by atoms with van der Waals surface area (Å²) in [7, 11) is 5.35. The lowest BCUT2D eigenvalue weighted by Gasteiger charge is -2.50. The number of nitrogens with one attached hydrogen (secondary N) is 1. The number of nitrogens with zero attached hydrogens (tertiary/aromatic N) is 3. The predicted octanol–water partition coefficient (Wildman–Crippen LogP) is 2.81. The fourth-order valence-electron chi connectivity index (χ4n) is 5.36. The molecule has 1 aliphatic carbocycles. The average molecular weight is 425 g/mol. The molecule has 3 aliphatic heterocycles. The molecule has 2 bridgehead atoms. The average Bonchev–Trinajstić information content (AvgIpc) is 3.59. The lowest BCUT2D eigenvalue weighted by molar-refractivity contribution is -0.122. The zero-order chi connectivity index (χ0) is 21.5. The van der Waals surface area contributed by atoms with E-state index in [9.17, 15) is 4.79 Å². The molecular weight excluding hydrogens is 392 g/mol. The molecule has 1 N–H and O–H groups in total. The molecular formula is C24H32N4O3.